The first-order chi connectivity index (χ1) is 7.74. The number of hydrogen-bond donors (Lipinski definition) is 2. The SMILES string of the molecule is SOCC1(COS)CCC2(CC1)OCCO2. The minimum Gasteiger partial charge on any atom is -0.348 e. The first-order valence-electron chi connectivity index (χ1n) is 5.55. The second-order valence-electron chi connectivity index (χ2n) is 4.65. The van der Waals surface area contributed by atoms with Crippen LogP contribution in [0, 0.1) is 5.41 Å². The van der Waals surface area contributed by atoms with Gasteiger partial charge in [-0.25, -0.2) is 0 Å². The van der Waals surface area contributed by atoms with Gasteiger partial charge in [-0.3, -0.25) is 0 Å². The largest absolute Gasteiger partial charge is 0.348 e. The number of thiol groups is 2. The summed E-state index contributed by atoms with van der Waals surface area (Å²) in [6.07, 6.45) is 3.69. The second-order valence-corrected chi connectivity index (χ2v) is 5.17. The lowest BCUT2D eigenvalue weighted by Crippen LogP contribution is -2.43. The molecule has 1 aliphatic carbocycles. The Kier molecular flexibility index (Phi) is 4.43. The zero-order valence-corrected chi connectivity index (χ0v) is 11.0. The van der Waals surface area contributed by atoms with Crippen molar-refractivity contribution in [2.45, 2.75) is 31.5 Å². The van der Waals surface area contributed by atoms with Crippen LogP contribution >= 0.6 is 25.8 Å². The standard InChI is InChI=1S/C10H18O4S2/c15-13-7-9(8-14-16)1-3-10(4-2-9)11-5-6-12-10/h15-16H,1-8H2. The van der Waals surface area contributed by atoms with Gasteiger partial charge in [0.1, 0.15) is 0 Å². The monoisotopic (exact) mass is 266 g/mol. The maximum absolute atomic E-state index is 5.69. The van der Waals surface area contributed by atoms with E-state index in [0.29, 0.717) is 26.4 Å². The zero-order valence-electron chi connectivity index (χ0n) is 9.18. The van der Waals surface area contributed by atoms with Gasteiger partial charge >= 0.3 is 0 Å². The maximum atomic E-state index is 5.69. The Labute approximate surface area is 107 Å². The van der Waals surface area contributed by atoms with Crippen molar-refractivity contribution < 1.29 is 17.8 Å². The van der Waals surface area contributed by atoms with Gasteiger partial charge in [-0.05, 0) is 38.7 Å². The number of ether oxygens (including phenoxy) is 2. The van der Waals surface area contributed by atoms with E-state index >= 15 is 0 Å². The predicted octanol–water partition coefficient (Wildman–Crippen LogP) is 2.01. The quantitative estimate of drug-likeness (QED) is 0.603. The normalized spacial score (nSPS) is 27.4. The minimum absolute atomic E-state index is 0.00403. The van der Waals surface area contributed by atoms with Gasteiger partial charge in [0.2, 0.25) is 0 Å². The lowest BCUT2D eigenvalue weighted by Gasteiger charge is -2.42. The van der Waals surface area contributed by atoms with Gasteiger partial charge < -0.3 is 17.8 Å². The highest BCUT2D eigenvalue weighted by atomic mass is 32.1. The number of rotatable bonds is 4. The molecule has 2 aliphatic rings. The first-order valence-corrected chi connectivity index (χ1v) is 6.28. The zero-order chi connectivity index (χ0) is 11.5. The third kappa shape index (κ3) is 2.68. The van der Waals surface area contributed by atoms with Crippen molar-refractivity contribution in [3.8, 4) is 0 Å². The maximum Gasteiger partial charge on any atom is 0.168 e. The Balaban J connectivity index is 1.94. The van der Waals surface area contributed by atoms with Crippen LogP contribution in [0.25, 0.3) is 0 Å². The van der Waals surface area contributed by atoms with Crippen LogP contribution in [0.5, 0.6) is 0 Å². The molecule has 1 aliphatic heterocycles. The molecule has 0 aromatic rings. The molecular formula is C10H18O4S2. The molecule has 1 heterocycles. The lowest BCUT2D eigenvalue weighted by atomic mass is 9.73. The van der Waals surface area contributed by atoms with Crippen molar-refractivity contribution in [3.63, 3.8) is 0 Å². The van der Waals surface area contributed by atoms with Gasteiger partial charge in [0.25, 0.3) is 0 Å². The van der Waals surface area contributed by atoms with E-state index in [1.807, 2.05) is 0 Å². The van der Waals surface area contributed by atoms with E-state index in [1.54, 1.807) is 0 Å². The molecule has 0 amide bonds. The Morgan fingerprint density at radius 3 is 1.81 bits per heavy atom. The summed E-state index contributed by atoms with van der Waals surface area (Å²) < 4.78 is 21.4. The molecule has 0 N–H and O–H groups in total. The summed E-state index contributed by atoms with van der Waals surface area (Å²) in [7, 11) is 0. The van der Waals surface area contributed by atoms with Crippen LogP contribution in [0.2, 0.25) is 0 Å². The van der Waals surface area contributed by atoms with E-state index in [2.05, 4.69) is 25.8 Å². The van der Waals surface area contributed by atoms with E-state index < -0.39 is 0 Å². The van der Waals surface area contributed by atoms with Crippen molar-refractivity contribution in [1.29, 1.82) is 0 Å². The summed E-state index contributed by atoms with van der Waals surface area (Å²) in [5.74, 6) is -0.337. The fourth-order valence-electron chi connectivity index (χ4n) is 2.55. The molecule has 6 heteroatoms. The van der Waals surface area contributed by atoms with Crippen molar-refractivity contribution in [2.75, 3.05) is 26.4 Å². The van der Waals surface area contributed by atoms with Crippen LogP contribution in [-0.4, -0.2) is 32.2 Å². The molecule has 2 rings (SSSR count). The van der Waals surface area contributed by atoms with Crippen molar-refractivity contribution >= 4 is 25.8 Å². The summed E-state index contributed by atoms with van der Waals surface area (Å²) in [6.45, 7) is 2.57. The van der Waals surface area contributed by atoms with Gasteiger partial charge in [-0.15, -0.1) is 0 Å². The summed E-state index contributed by atoms with van der Waals surface area (Å²) in [4.78, 5) is 0. The Hall–Kier alpha value is 0.540. The lowest BCUT2D eigenvalue weighted by molar-refractivity contribution is -0.195. The molecule has 0 bridgehead atoms. The van der Waals surface area contributed by atoms with Crippen LogP contribution in [0.15, 0.2) is 0 Å². The van der Waals surface area contributed by atoms with Crippen LogP contribution in [0.1, 0.15) is 25.7 Å². The van der Waals surface area contributed by atoms with E-state index in [0.717, 1.165) is 25.7 Å². The highest BCUT2D eigenvalue weighted by molar-refractivity contribution is 7.75. The molecule has 0 unspecified atom stereocenters. The number of hydrogen-bond acceptors (Lipinski definition) is 6. The minimum atomic E-state index is -0.337. The van der Waals surface area contributed by atoms with E-state index in [1.165, 1.54) is 0 Å². The molecule has 1 saturated heterocycles. The van der Waals surface area contributed by atoms with Crippen molar-refractivity contribution in [1.82, 2.24) is 0 Å². The average molecular weight is 266 g/mol. The summed E-state index contributed by atoms with van der Waals surface area (Å²) in [5.41, 5.74) is 0.00403. The van der Waals surface area contributed by atoms with Gasteiger partial charge in [0.05, 0.1) is 26.4 Å². The molecule has 94 valence electrons. The molecule has 0 aromatic carbocycles. The topological polar surface area (TPSA) is 36.9 Å². The Morgan fingerprint density at radius 1 is 0.875 bits per heavy atom. The molecule has 0 radical (unpaired) electrons. The van der Waals surface area contributed by atoms with Gasteiger partial charge in [-0.1, -0.05) is 0 Å². The molecule has 1 saturated carbocycles. The smallest absolute Gasteiger partial charge is 0.168 e. The molecule has 2 fully saturated rings. The highest BCUT2D eigenvalue weighted by Gasteiger charge is 2.46. The first kappa shape index (κ1) is 13.0. The van der Waals surface area contributed by atoms with Crippen LogP contribution < -0.4 is 0 Å². The molecule has 16 heavy (non-hydrogen) atoms. The third-order valence-corrected chi connectivity index (χ3v) is 3.89. The molecule has 1 spiro atoms. The van der Waals surface area contributed by atoms with Gasteiger partial charge in [-0.2, -0.15) is 0 Å². The van der Waals surface area contributed by atoms with Crippen LogP contribution in [0.3, 0.4) is 0 Å². The fraction of sp³-hybridized carbons (Fsp3) is 1.00. The molecule has 4 nitrogen and oxygen atoms in total. The van der Waals surface area contributed by atoms with E-state index in [9.17, 15) is 0 Å². The van der Waals surface area contributed by atoms with Crippen molar-refractivity contribution in [3.05, 3.63) is 0 Å². The summed E-state index contributed by atoms with van der Waals surface area (Å²) in [6, 6.07) is 0. The van der Waals surface area contributed by atoms with E-state index in [4.69, 9.17) is 17.8 Å². The molecule has 0 atom stereocenters. The van der Waals surface area contributed by atoms with Crippen LogP contribution in [0.4, 0.5) is 0 Å². The van der Waals surface area contributed by atoms with Gasteiger partial charge in [0, 0.05) is 18.3 Å². The fourth-order valence-corrected chi connectivity index (χ4v) is 3.10. The summed E-state index contributed by atoms with van der Waals surface area (Å²) in [5, 5.41) is 0. The Bertz CT molecular complexity index is 213. The van der Waals surface area contributed by atoms with Gasteiger partial charge in [0.15, 0.2) is 5.79 Å². The third-order valence-electron chi connectivity index (χ3n) is 3.63. The highest BCUT2D eigenvalue weighted by Crippen LogP contribution is 2.45. The molecule has 0 aromatic heterocycles. The van der Waals surface area contributed by atoms with E-state index in [-0.39, 0.29) is 11.2 Å². The second kappa shape index (κ2) is 5.46. The molecular weight excluding hydrogens is 248 g/mol. The average Bonchev–Trinajstić information content (AvgIpc) is 2.73. The van der Waals surface area contributed by atoms with Crippen molar-refractivity contribution in [2.24, 2.45) is 5.41 Å². The predicted molar refractivity (Wildman–Crippen MR) is 65.4 cm³/mol. The Morgan fingerprint density at radius 2 is 1.38 bits per heavy atom. The van der Waals surface area contributed by atoms with Crippen LogP contribution in [-0.2, 0) is 17.8 Å². The summed E-state index contributed by atoms with van der Waals surface area (Å²) >= 11 is 7.67.